The van der Waals surface area contributed by atoms with Crippen molar-refractivity contribution in [1.82, 2.24) is 0 Å². The van der Waals surface area contributed by atoms with Gasteiger partial charge in [0.05, 0.1) is 23.2 Å². The molecule has 0 radical (unpaired) electrons. The predicted molar refractivity (Wildman–Crippen MR) is 120 cm³/mol. The minimum atomic E-state index is -0.483. The van der Waals surface area contributed by atoms with E-state index in [1.807, 2.05) is 41.3 Å². The normalized spacial score (nSPS) is 14.3. The number of hydrogen-bond acceptors (Lipinski definition) is 5. The van der Waals surface area contributed by atoms with Gasteiger partial charge in [-0.05, 0) is 31.9 Å². The van der Waals surface area contributed by atoms with Crippen molar-refractivity contribution < 1.29 is 9.53 Å². The van der Waals surface area contributed by atoms with Crippen LogP contribution in [-0.2, 0) is 16.8 Å². The number of aryl methyl sites for hydroxylation is 1. The summed E-state index contributed by atoms with van der Waals surface area (Å²) >= 11 is 5.63. The second-order valence-corrected chi connectivity index (χ2v) is 10.1. The van der Waals surface area contributed by atoms with E-state index in [1.165, 1.54) is 0 Å². The molecule has 6 heteroatoms. The molecule has 0 fully saturated rings. The van der Waals surface area contributed by atoms with Gasteiger partial charge in [0.25, 0.3) is 0 Å². The maximum atomic E-state index is 13.5. The summed E-state index contributed by atoms with van der Waals surface area (Å²) < 4.78 is 6.53. The highest BCUT2D eigenvalue weighted by molar-refractivity contribution is 7.80. The van der Waals surface area contributed by atoms with Crippen LogP contribution in [0.15, 0.2) is 48.5 Å². The van der Waals surface area contributed by atoms with Crippen LogP contribution in [0.2, 0.25) is 0 Å². The summed E-state index contributed by atoms with van der Waals surface area (Å²) in [6.45, 7) is 4.19. The van der Waals surface area contributed by atoms with Gasteiger partial charge in [0.1, 0.15) is 9.57 Å². The van der Waals surface area contributed by atoms with Crippen molar-refractivity contribution in [3.8, 4) is 16.9 Å². The lowest BCUT2D eigenvalue weighted by atomic mass is 9.86. The molecule has 0 atom stereocenters. The van der Waals surface area contributed by atoms with Gasteiger partial charge in [0, 0.05) is 17.5 Å². The minimum absolute atomic E-state index is 0.0922. The quantitative estimate of drug-likeness (QED) is 0.355. The van der Waals surface area contributed by atoms with Crippen LogP contribution in [0.5, 0.6) is 5.75 Å². The Morgan fingerprint density at radius 2 is 1.86 bits per heavy atom. The third-order valence-corrected chi connectivity index (χ3v) is 8.51. The number of fused-ring (bicyclic) bond motifs is 3. The molecule has 0 unspecified atom stereocenters. The maximum Gasteiger partial charge on any atom is 0.228 e. The van der Waals surface area contributed by atoms with Crippen molar-refractivity contribution in [2.45, 2.75) is 32.2 Å². The molecule has 0 N–H and O–H groups in total. The first-order valence-corrected chi connectivity index (χ1v) is 11.7. The summed E-state index contributed by atoms with van der Waals surface area (Å²) in [7, 11) is 4.92. The van der Waals surface area contributed by atoms with Gasteiger partial charge in [0.2, 0.25) is 5.91 Å². The Balaban J connectivity index is 1.81. The summed E-state index contributed by atoms with van der Waals surface area (Å²) in [6, 6.07) is 16.0. The number of hydrogen-bond donors (Lipinski definition) is 0. The topological polar surface area (TPSA) is 29.5 Å². The molecule has 3 aromatic rings. The fourth-order valence-corrected chi connectivity index (χ4v) is 7.12. The van der Waals surface area contributed by atoms with E-state index in [2.05, 4.69) is 26.0 Å². The Bertz CT molecular complexity index is 1080. The number of methoxy groups -OCH3 is 1. The van der Waals surface area contributed by atoms with Crippen LogP contribution in [0, 0.1) is 3.82 Å². The van der Waals surface area contributed by atoms with Crippen molar-refractivity contribution >= 4 is 44.5 Å². The zero-order valence-corrected chi connectivity index (χ0v) is 18.5. The molecule has 0 spiro atoms. The van der Waals surface area contributed by atoms with Crippen LogP contribution in [0.3, 0.4) is 0 Å². The van der Waals surface area contributed by atoms with E-state index in [-0.39, 0.29) is 5.91 Å². The van der Waals surface area contributed by atoms with E-state index < -0.39 is 5.54 Å². The number of para-hydroxylation sites is 1. The molecule has 3 nitrogen and oxygen atoms in total. The molecule has 0 aliphatic carbocycles. The maximum absolute atomic E-state index is 13.5. The largest absolute Gasteiger partial charge is 0.495 e. The van der Waals surface area contributed by atoms with Crippen LogP contribution in [0.1, 0.15) is 30.7 Å². The van der Waals surface area contributed by atoms with Crippen LogP contribution in [-0.4, -0.2) is 13.0 Å². The first-order valence-electron chi connectivity index (χ1n) is 9.13. The number of carbonyl (C=O) groups is 1. The first-order chi connectivity index (χ1) is 13.4. The average Bonchev–Trinajstić information content (AvgIpc) is 3.09. The van der Waals surface area contributed by atoms with Crippen LogP contribution < -0.4 is 9.64 Å². The zero-order chi connectivity index (χ0) is 19.9. The minimum Gasteiger partial charge on any atom is -0.495 e. The van der Waals surface area contributed by atoms with Crippen LogP contribution in [0.25, 0.3) is 11.1 Å². The number of amides is 1. The number of benzene rings is 2. The van der Waals surface area contributed by atoms with Gasteiger partial charge < -0.3 is 4.74 Å². The molecular weight excluding hydrogens is 406 g/mol. The Morgan fingerprint density at radius 1 is 1.11 bits per heavy atom. The Kier molecular flexibility index (Phi) is 5.12. The van der Waals surface area contributed by atoms with Crippen molar-refractivity contribution in [1.29, 1.82) is 0 Å². The van der Waals surface area contributed by atoms with Crippen LogP contribution in [0.4, 0.5) is 5.69 Å². The van der Waals surface area contributed by atoms with Gasteiger partial charge in [0.15, 0.2) is 0 Å². The molecule has 2 heterocycles. The van der Waals surface area contributed by atoms with Gasteiger partial charge in [-0.1, -0.05) is 75.4 Å². The highest BCUT2D eigenvalue weighted by Gasteiger charge is 2.44. The van der Waals surface area contributed by atoms with Crippen molar-refractivity contribution in [3.63, 3.8) is 0 Å². The highest BCUT2D eigenvalue weighted by atomic mass is 32.9. The Hall–Kier alpha value is -2.02. The van der Waals surface area contributed by atoms with E-state index >= 15 is 0 Å². The van der Waals surface area contributed by atoms with E-state index in [0.717, 1.165) is 31.1 Å². The van der Waals surface area contributed by atoms with Crippen molar-refractivity contribution in [2.75, 3.05) is 12.0 Å². The SMILES string of the molecule is COc1cccc2c1N(C(=O)CCc1ccccc1)C(C)(C)c1ssc(=S)c1-2. The number of ether oxygens (including phenoxy) is 1. The molecule has 0 bridgehead atoms. The molecular formula is C22H21NO2S3. The zero-order valence-electron chi connectivity index (χ0n) is 16.0. The number of carbonyl (C=O) groups excluding carboxylic acids is 1. The molecule has 0 saturated heterocycles. The summed E-state index contributed by atoms with van der Waals surface area (Å²) in [5, 5.41) is 0. The number of rotatable bonds is 4. The summed E-state index contributed by atoms with van der Waals surface area (Å²) in [5.41, 5.74) is 3.58. The van der Waals surface area contributed by atoms with E-state index in [1.54, 1.807) is 27.8 Å². The third-order valence-electron chi connectivity index (χ3n) is 5.18. The summed E-state index contributed by atoms with van der Waals surface area (Å²) in [5.74, 6) is 0.796. The third kappa shape index (κ3) is 3.09. The van der Waals surface area contributed by atoms with Gasteiger partial charge >= 0.3 is 0 Å². The smallest absolute Gasteiger partial charge is 0.228 e. The number of nitrogens with zero attached hydrogens (tertiary/aromatic N) is 1. The predicted octanol–water partition coefficient (Wildman–Crippen LogP) is 6.43. The molecule has 4 rings (SSSR count). The number of anilines is 1. The molecule has 144 valence electrons. The van der Waals surface area contributed by atoms with Crippen molar-refractivity contribution in [3.05, 3.63) is 62.8 Å². The lowest BCUT2D eigenvalue weighted by Gasteiger charge is -2.43. The first kappa shape index (κ1) is 19.3. The van der Waals surface area contributed by atoms with Gasteiger partial charge in [-0.2, -0.15) is 0 Å². The van der Waals surface area contributed by atoms with Crippen LogP contribution >= 0.6 is 32.9 Å². The van der Waals surface area contributed by atoms with E-state index in [9.17, 15) is 4.79 Å². The molecule has 1 aliphatic heterocycles. The second-order valence-electron chi connectivity index (χ2n) is 7.29. The Labute approximate surface area is 177 Å². The summed E-state index contributed by atoms with van der Waals surface area (Å²) in [6.07, 6.45) is 1.15. The van der Waals surface area contributed by atoms with E-state index in [0.29, 0.717) is 18.6 Å². The highest BCUT2D eigenvalue weighted by Crippen LogP contribution is 2.54. The molecule has 1 aliphatic rings. The molecule has 1 aromatic heterocycles. The Morgan fingerprint density at radius 3 is 2.57 bits per heavy atom. The fourth-order valence-electron chi connectivity index (χ4n) is 3.84. The van der Waals surface area contributed by atoms with E-state index in [4.69, 9.17) is 17.0 Å². The monoisotopic (exact) mass is 427 g/mol. The molecule has 0 saturated carbocycles. The second kappa shape index (κ2) is 7.43. The lowest BCUT2D eigenvalue weighted by molar-refractivity contribution is -0.119. The standard InChI is InChI=1S/C22H21NO2S3/c1-22(2)20-18(21(26)28-27-20)15-10-7-11-16(25-3)19(15)23(22)17(24)13-12-14-8-5-4-6-9-14/h4-11H,12-13H2,1-3H3. The summed E-state index contributed by atoms with van der Waals surface area (Å²) in [4.78, 5) is 16.6. The van der Waals surface area contributed by atoms with Gasteiger partial charge in [-0.15, -0.1) is 0 Å². The molecule has 2 aromatic carbocycles. The van der Waals surface area contributed by atoms with Gasteiger partial charge in [-0.25, -0.2) is 0 Å². The molecule has 1 amide bonds. The van der Waals surface area contributed by atoms with Gasteiger partial charge in [-0.3, -0.25) is 9.69 Å². The molecule has 28 heavy (non-hydrogen) atoms. The average molecular weight is 428 g/mol. The fraction of sp³-hybridized carbons (Fsp3) is 0.273. The lowest BCUT2D eigenvalue weighted by Crippen LogP contribution is -2.48. The van der Waals surface area contributed by atoms with Crippen molar-refractivity contribution in [2.24, 2.45) is 0 Å².